The summed E-state index contributed by atoms with van der Waals surface area (Å²) < 4.78 is 4.90. The third-order valence-corrected chi connectivity index (χ3v) is 3.10. The zero-order chi connectivity index (χ0) is 13.5. The molecule has 0 aromatic rings. The number of esters is 1. The summed E-state index contributed by atoms with van der Waals surface area (Å²) in [5, 5.41) is 0. The molecule has 0 spiro atoms. The van der Waals surface area contributed by atoms with Crippen molar-refractivity contribution in [2.45, 2.75) is 46.1 Å². The van der Waals surface area contributed by atoms with Crippen molar-refractivity contribution < 1.29 is 14.3 Å². The molecular formula is C14H23NO3. The van der Waals surface area contributed by atoms with Gasteiger partial charge in [-0.2, -0.15) is 0 Å². The average molecular weight is 253 g/mol. The SMILES string of the molecule is CCOC(=O)CN(C(=O)CC1C=CCC1)C(C)C. The molecule has 0 heterocycles. The van der Waals surface area contributed by atoms with Crippen molar-refractivity contribution in [1.82, 2.24) is 4.90 Å². The van der Waals surface area contributed by atoms with E-state index in [-0.39, 0.29) is 24.5 Å². The minimum atomic E-state index is -0.332. The molecule has 0 fully saturated rings. The number of hydrogen-bond donors (Lipinski definition) is 0. The molecule has 1 aliphatic carbocycles. The predicted molar refractivity (Wildman–Crippen MR) is 70.0 cm³/mol. The molecule has 4 heteroatoms. The summed E-state index contributed by atoms with van der Waals surface area (Å²) in [5.74, 6) is 0.0389. The van der Waals surface area contributed by atoms with Crippen molar-refractivity contribution in [2.75, 3.05) is 13.2 Å². The van der Waals surface area contributed by atoms with Crippen molar-refractivity contribution in [2.24, 2.45) is 5.92 Å². The highest BCUT2D eigenvalue weighted by atomic mass is 16.5. The first-order valence-electron chi connectivity index (χ1n) is 6.66. The van der Waals surface area contributed by atoms with E-state index in [1.165, 1.54) is 0 Å². The molecule has 0 radical (unpaired) electrons. The third kappa shape index (κ3) is 4.51. The molecule has 0 aromatic carbocycles. The first kappa shape index (κ1) is 14.7. The average Bonchev–Trinajstić information content (AvgIpc) is 2.78. The largest absolute Gasteiger partial charge is 0.465 e. The molecule has 18 heavy (non-hydrogen) atoms. The fraction of sp³-hybridized carbons (Fsp3) is 0.714. The monoisotopic (exact) mass is 253 g/mol. The fourth-order valence-corrected chi connectivity index (χ4v) is 2.11. The van der Waals surface area contributed by atoms with Gasteiger partial charge in [0.2, 0.25) is 5.91 Å². The van der Waals surface area contributed by atoms with Crippen LogP contribution in [0.15, 0.2) is 12.2 Å². The molecule has 0 bridgehead atoms. The Morgan fingerprint density at radius 3 is 2.67 bits per heavy atom. The van der Waals surface area contributed by atoms with Gasteiger partial charge in [0, 0.05) is 12.5 Å². The number of ether oxygens (including phenoxy) is 1. The van der Waals surface area contributed by atoms with E-state index in [0.29, 0.717) is 18.9 Å². The third-order valence-electron chi connectivity index (χ3n) is 3.10. The van der Waals surface area contributed by atoms with Crippen LogP contribution in [0.3, 0.4) is 0 Å². The van der Waals surface area contributed by atoms with Crippen molar-refractivity contribution in [1.29, 1.82) is 0 Å². The summed E-state index contributed by atoms with van der Waals surface area (Å²) in [7, 11) is 0. The number of hydrogen-bond acceptors (Lipinski definition) is 3. The first-order chi connectivity index (χ1) is 8.54. The highest BCUT2D eigenvalue weighted by Gasteiger charge is 2.23. The molecule has 102 valence electrons. The van der Waals surface area contributed by atoms with E-state index in [1.54, 1.807) is 11.8 Å². The summed E-state index contributed by atoms with van der Waals surface area (Å²) in [4.78, 5) is 25.2. The Morgan fingerprint density at radius 1 is 1.44 bits per heavy atom. The first-order valence-corrected chi connectivity index (χ1v) is 6.66. The number of carbonyl (C=O) groups excluding carboxylic acids is 2. The van der Waals surface area contributed by atoms with Gasteiger partial charge in [-0.1, -0.05) is 12.2 Å². The van der Waals surface area contributed by atoms with Crippen LogP contribution in [-0.2, 0) is 14.3 Å². The second-order valence-electron chi connectivity index (χ2n) is 4.89. The Hall–Kier alpha value is -1.32. The van der Waals surface area contributed by atoms with Gasteiger partial charge >= 0.3 is 5.97 Å². The highest BCUT2D eigenvalue weighted by Crippen LogP contribution is 2.21. The Bertz CT molecular complexity index is 323. The fourth-order valence-electron chi connectivity index (χ4n) is 2.11. The topological polar surface area (TPSA) is 46.6 Å². The molecule has 1 amide bonds. The molecular weight excluding hydrogens is 230 g/mol. The van der Waals surface area contributed by atoms with Gasteiger partial charge in [0.05, 0.1) is 6.61 Å². The van der Waals surface area contributed by atoms with Crippen LogP contribution in [0.4, 0.5) is 0 Å². The van der Waals surface area contributed by atoms with Gasteiger partial charge in [-0.15, -0.1) is 0 Å². The number of amides is 1. The van der Waals surface area contributed by atoms with Gasteiger partial charge in [0.15, 0.2) is 0 Å². The molecule has 1 rings (SSSR count). The summed E-state index contributed by atoms with van der Waals surface area (Å²) in [6, 6.07) is 0.0206. The van der Waals surface area contributed by atoms with E-state index in [2.05, 4.69) is 12.2 Å². The maximum absolute atomic E-state index is 12.2. The lowest BCUT2D eigenvalue weighted by atomic mass is 10.0. The van der Waals surface area contributed by atoms with E-state index in [1.807, 2.05) is 13.8 Å². The summed E-state index contributed by atoms with van der Waals surface area (Å²) in [5.41, 5.74) is 0. The lowest BCUT2D eigenvalue weighted by Crippen LogP contribution is -2.41. The molecule has 1 atom stereocenters. The van der Waals surface area contributed by atoms with Crippen LogP contribution < -0.4 is 0 Å². The Kier molecular flexibility index (Phi) is 5.89. The van der Waals surface area contributed by atoms with Gasteiger partial charge < -0.3 is 9.64 Å². The number of carbonyl (C=O) groups is 2. The van der Waals surface area contributed by atoms with Crippen molar-refractivity contribution in [3.63, 3.8) is 0 Å². The van der Waals surface area contributed by atoms with E-state index in [0.717, 1.165) is 12.8 Å². The molecule has 0 saturated carbocycles. The highest BCUT2D eigenvalue weighted by molar-refractivity contribution is 5.82. The van der Waals surface area contributed by atoms with Crippen LogP contribution in [0.25, 0.3) is 0 Å². The molecule has 0 aliphatic heterocycles. The lowest BCUT2D eigenvalue weighted by Gasteiger charge is -2.26. The molecule has 0 N–H and O–H groups in total. The molecule has 1 unspecified atom stereocenters. The number of rotatable bonds is 6. The Morgan fingerprint density at radius 2 is 2.17 bits per heavy atom. The molecule has 0 aromatic heterocycles. The van der Waals surface area contributed by atoms with Gasteiger partial charge in [-0.3, -0.25) is 9.59 Å². The van der Waals surface area contributed by atoms with Gasteiger partial charge in [-0.25, -0.2) is 0 Å². The second-order valence-corrected chi connectivity index (χ2v) is 4.89. The van der Waals surface area contributed by atoms with Crippen molar-refractivity contribution in [3.05, 3.63) is 12.2 Å². The normalized spacial score (nSPS) is 18.1. The summed E-state index contributed by atoms with van der Waals surface area (Å²) in [6.07, 6.45) is 6.80. The van der Waals surface area contributed by atoms with E-state index in [4.69, 9.17) is 4.74 Å². The van der Waals surface area contributed by atoms with Gasteiger partial charge in [0.1, 0.15) is 6.54 Å². The zero-order valence-corrected chi connectivity index (χ0v) is 11.5. The van der Waals surface area contributed by atoms with Crippen LogP contribution in [0, 0.1) is 5.92 Å². The molecule has 4 nitrogen and oxygen atoms in total. The van der Waals surface area contributed by atoms with E-state index < -0.39 is 0 Å². The molecule has 1 aliphatic rings. The van der Waals surface area contributed by atoms with Crippen LogP contribution in [0.1, 0.15) is 40.0 Å². The smallest absolute Gasteiger partial charge is 0.325 e. The summed E-state index contributed by atoms with van der Waals surface area (Å²) in [6.45, 7) is 6.01. The van der Waals surface area contributed by atoms with Gasteiger partial charge in [-0.05, 0) is 39.5 Å². The number of allylic oxidation sites excluding steroid dienone is 2. The predicted octanol–water partition coefficient (Wildman–Crippen LogP) is 2.14. The zero-order valence-electron chi connectivity index (χ0n) is 11.5. The standard InChI is InChI=1S/C14H23NO3/c1-4-18-14(17)10-15(11(2)3)13(16)9-12-7-5-6-8-12/h5,7,11-12H,4,6,8-10H2,1-3H3. The lowest BCUT2D eigenvalue weighted by molar-refractivity contribution is -0.150. The Labute approximate surface area is 109 Å². The van der Waals surface area contributed by atoms with E-state index in [9.17, 15) is 9.59 Å². The quantitative estimate of drug-likeness (QED) is 0.538. The van der Waals surface area contributed by atoms with Crippen LogP contribution in [-0.4, -0.2) is 36.0 Å². The minimum Gasteiger partial charge on any atom is -0.465 e. The number of nitrogens with zero attached hydrogens (tertiary/aromatic N) is 1. The van der Waals surface area contributed by atoms with Crippen molar-refractivity contribution >= 4 is 11.9 Å². The minimum absolute atomic E-state index is 0.0206. The molecule has 0 saturated heterocycles. The summed E-state index contributed by atoms with van der Waals surface area (Å²) >= 11 is 0. The van der Waals surface area contributed by atoms with Crippen LogP contribution >= 0.6 is 0 Å². The van der Waals surface area contributed by atoms with Gasteiger partial charge in [0.25, 0.3) is 0 Å². The second kappa shape index (κ2) is 7.19. The van der Waals surface area contributed by atoms with Crippen LogP contribution in [0.2, 0.25) is 0 Å². The Balaban J connectivity index is 2.51. The maximum Gasteiger partial charge on any atom is 0.325 e. The van der Waals surface area contributed by atoms with Crippen molar-refractivity contribution in [3.8, 4) is 0 Å². The maximum atomic E-state index is 12.2. The van der Waals surface area contributed by atoms with E-state index >= 15 is 0 Å². The van der Waals surface area contributed by atoms with Crippen LogP contribution in [0.5, 0.6) is 0 Å².